The standard InChI is InChI=1S/C23H17BrFN3O3S/c24-17-4-8-19(9-5-17)27-23(29)15-28(20-10-6-18(25)7-11-20)32(30,31)22-3-1-2-16-14-26-13-12-21(16)22/h1-14H,15H2,(H,27,29). The van der Waals surface area contributed by atoms with Gasteiger partial charge in [-0.15, -0.1) is 0 Å². The van der Waals surface area contributed by atoms with Crippen LogP contribution in [0.15, 0.2) is 94.6 Å². The van der Waals surface area contributed by atoms with E-state index in [1.807, 2.05) is 0 Å². The number of sulfonamides is 1. The topological polar surface area (TPSA) is 79.4 Å². The second kappa shape index (κ2) is 9.05. The monoisotopic (exact) mass is 513 g/mol. The van der Waals surface area contributed by atoms with E-state index in [0.717, 1.165) is 20.9 Å². The summed E-state index contributed by atoms with van der Waals surface area (Å²) in [5.41, 5.74) is 0.689. The Bertz CT molecular complexity index is 1370. The van der Waals surface area contributed by atoms with Crippen LogP contribution in [0.4, 0.5) is 15.8 Å². The third-order valence-electron chi connectivity index (χ3n) is 4.74. The zero-order valence-corrected chi connectivity index (χ0v) is 19.0. The lowest BCUT2D eigenvalue weighted by Gasteiger charge is -2.24. The fraction of sp³-hybridized carbons (Fsp3) is 0.0435. The van der Waals surface area contributed by atoms with Gasteiger partial charge in [-0.05, 0) is 60.7 Å². The SMILES string of the molecule is O=C(CN(c1ccc(F)cc1)S(=O)(=O)c1cccc2cnccc12)Nc1ccc(Br)cc1. The van der Waals surface area contributed by atoms with Crippen molar-refractivity contribution in [3.05, 3.63) is 95.5 Å². The van der Waals surface area contributed by atoms with Crippen LogP contribution in [0.25, 0.3) is 10.8 Å². The maximum atomic E-state index is 13.7. The molecule has 0 unspecified atom stereocenters. The van der Waals surface area contributed by atoms with Gasteiger partial charge in [0.1, 0.15) is 12.4 Å². The number of amides is 1. The molecule has 0 spiro atoms. The molecule has 1 amide bonds. The smallest absolute Gasteiger partial charge is 0.265 e. The van der Waals surface area contributed by atoms with Crippen LogP contribution in [0, 0.1) is 5.82 Å². The van der Waals surface area contributed by atoms with Crippen molar-refractivity contribution in [2.45, 2.75) is 4.90 Å². The maximum Gasteiger partial charge on any atom is 0.265 e. The first-order valence-electron chi connectivity index (χ1n) is 9.51. The minimum absolute atomic E-state index is 0.0261. The van der Waals surface area contributed by atoms with Crippen LogP contribution in [0.5, 0.6) is 0 Å². The minimum atomic E-state index is -4.17. The van der Waals surface area contributed by atoms with Gasteiger partial charge in [0.05, 0.1) is 10.6 Å². The summed E-state index contributed by atoms with van der Waals surface area (Å²) in [6.45, 7) is -0.495. The number of pyridine rings is 1. The van der Waals surface area contributed by atoms with Gasteiger partial charge in [-0.2, -0.15) is 0 Å². The lowest BCUT2D eigenvalue weighted by molar-refractivity contribution is -0.114. The number of fused-ring (bicyclic) bond motifs is 1. The van der Waals surface area contributed by atoms with Crippen molar-refractivity contribution in [1.29, 1.82) is 0 Å². The number of rotatable bonds is 6. The number of hydrogen-bond donors (Lipinski definition) is 1. The van der Waals surface area contributed by atoms with E-state index >= 15 is 0 Å². The number of hydrogen-bond acceptors (Lipinski definition) is 4. The van der Waals surface area contributed by atoms with Gasteiger partial charge >= 0.3 is 0 Å². The molecule has 1 N–H and O–H groups in total. The van der Waals surface area contributed by atoms with Gasteiger partial charge in [0, 0.05) is 33.3 Å². The summed E-state index contributed by atoms with van der Waals surface area (Å²) in [5, 5.41) is 3.81. The molecule has 3 aromatic carbocycles. The van der Waals surface area contributed by atoms with Crippen molar-refractivity contribution in [3.8, 4) is 0 Å². The van der Waals surface area contributed by atoms with Crippen LogP contribution >= 0.6 is 15.9 Å². The van der Waals surface area contributed by atoms with Crippen LogP contribution < -0.4 is 9.62 Å². The van der Waals surface area contributed by atoms with Gasteiger partial charge < -0.3 is 5.32 Å². The third kappa shape index (κ3) is 4.63. The zero-order chi connectivity index (χ0) is 22.7. The molecule has 0 saturated carbocycles. The second-order valence-electron chi connectivity index (χ2n) is 6.90. The number of nitrogens with zero attached hydrogens (tertiary/aromatic N) is 2. The van der Waals surface area contributed by atoms with Gasteiger partial charge in [0.2, 0.25) is 5.91 Å². The highest BCUT2D eigenvalue weighted by atomic mass is 79.9. The van der Waals surface area contributed by atoms with Crippen LogP contribution in [0.1, 0.15) is 0 Å². The molecule has 4 aromatic rings. The number of carbonyl (C=O) groups excluding carboxylic acids is 1. The largest absolute Gasteiger partial charge is 0.325 e. The lowest BCUT2D eigenvalue weighted by Crippen LogP contribution is -2.38. The van der Waals surface area contributed by atoms with E-state index in [-0.39, 0.29) is 10.6 Å². The number of nitrogens with one attached hydrogen (secondary N) is 1. The van der Waals surface area contributed by atoms with E-state index in [2.05, 4.69) is 26.2 Å². The highest BCUT2D eigenvalue weighted by Gasteiger charge is 2.29. The summed E-state index contributed by atoms with van der Waals surface area (Å²) in [5.74, 6) is -1.05. The molecule has 4 rings (SSSR count). The minimum Gasteiger partial charge on any atom is -0.325 e. The van der Waals surface area contributed by atoms with Crippen LogP contribution in [0.2, 0.25) is 0 Å². The van der Waals surface area contributed by atoms with E-state index in [9.17, 15) is 17.6 Å². The lowest BCUT2D eigenvalue weighted by atomic mass is 10.2. The maximum absolute atomic E-state index is 13.7. The predicted octanol–water partition coefficient (Wildman–Crippen LogP) is 4.97. The van der Waals surface area contributed by atoms with Crippen LogP contribution in [-0.2, 0) is 14.8 Å². The molecule has 0 aliphatic rings. The molecule has 0 bridgehead atoms. The van der Waals surface area contributed by atoms with Crippen LogP contribution in [0.3, 0.4) is 0 Å². The Morgan fingerprint density at radius 2 is 1.72 bits per heavy atom. The Labute approximate surface area is 192 Å². The molecule has 0 saturated heterocycles. The Hall–Kier alpha value is -3.30. The fourth-order valence-electron chi connectivity index (χ4n) is 3.22. The Morgan fingerprint density at radius 3 is 2.44 bits per heavy atom. The highest BCUT2D eigenvalue weighted by Crippen LogP contribution is 2.29. The molecule has 162 valence electrons. The molecule has 0 atom stereocenters. The molecular formula is C23H17BrFN3O3S. The summed E-state index contributed by atoms with van der Waals surface area (Å²) < 4.78 is 42.7. The summed E-state index contributed by atoms with van der Waals surface area (Å²) in [7, 11) is -4.17. The molecule has 1 aromatic heterocycles. The number of carbonyl (C=O) groups is 1. The summed E-state index contributed by atoms with van der Waals surface area (Å²) >= 11 is 3.32. The first-order valence-corrected chi connectivity index (χ1v) is 11.7. The quantitative estimate of drug-likeness (QED) is 0.394. The van der Waals surface area contributed by atoms with E-state index in [1.165, 1.54) is 24.4 Å². The molecule has 6 nitrogen and oxygen atoms in total. The van der Waals surface area contributed by atoms with E-state index in [0.29, 0.717) is 16.5 Å². The van der Waals surface area contributed by atoms with Crippen molar-refractivity contribution in [1.82, 2.24) is 4.98 Å². The van der Waals surface area contributed by atoms with Crippen molar-refractivity contribution >= 4 is 54.0 Å². The second-order valence-corrected chi connectivity index (χ2v) is 9.64. The first-order chi connectivity index (χ1) is 15.3. The number of benzene rings is 3. The number of halogens is 2. The van der Waals surface area contributed by atoms with Crippen molar-refractivity contribution in [3.63, 3.8) is 0 Å². The number of aromatic nitrogens is 1. The normalized spacial score (nSPS) is 11.3. The zero-order valence-electron chi connectivity index (χ0n) is 16.6. The summed E-state index contributed by atoms with van der Waals surface area (Å²) in [4.78, 5) is 16.8. The average molecular weight is 514 g/mol. The molecular weight excluding hydrogens is 497 g/mol. The third-order valence-corrected chi connectivity index (χ3v) is 7.10. The first kappa shape index (κ1) is 21.9. The molecule has 1 heterocycles. The van der Waals surface area contributed by atoms with Crippen molar-refractivity contribution in [2.75, 3.05) is 16.2 Å². The van der Waals surface area contributed by atoms with Gasteiger partial charge in [0.15, 0.2) is 0 Å². The average Bonchev–Trinajstić information content (AvgIpc) is 2.79. The number of anilines is 2. The van der Waals surface area contributed by atoms with Crippen molar-refractivity contribution in [2.24, 2.45) is 0 Å². The molecule has 0 fully saturated rings. The Kier molecular flexibility index (Phi) is 6.20. The van der Waals surface area contributed by atoms with E-state index < -0.39 is 28.3 Å². The predicted molar refractivity (Wildman–Crippen MR) is 125 cm³/mol. The Morgan fingerprint density at radius 1 is 1.00 bits per heavy atom. The molecule has 9 heteroatoms. The highest BCUT2D eigenvalue weighted by molar-refractivity contribution is 9.10. The Balaban J connectivity index is 1.74. The van der Waals surface area contributed by atoms with Crippen LogP contribution in [-0.4, -0.2) is 25.9 Å². The van der Waals surface area contributed by atoms with Crippen molar-refractivity contribution < 1.29 is 17.6 Å². The van der Waals surface area contributed by atoms with Gasteiger partial charge in [0.25, 0.3) is 10.0 Å². The van der Waals surface area contributed by atoms with E-state index in [1.54, 1.807) is 48.7 Å². The summed E-state index contributed by atoms with van der Waals surface area (Å²) in [6.07, 6.45) is 3.07. The molecule has 0 aliphatic heterocycles. The van der Waals surface area contributed by atoms with Gasteiger partial charge in [-0.3, -0.25) is 14.1 Å². The van der Waals surface area contributed by atoms with Gasteiger partial charge in [-0.25, -0.2) is 12.8 Å². The molecule has 0 radical (unpaired) electrons. The molecule has 32 heavy (non-hydrogen) atoms. The van der Waals surface area contributed by atoms with E-state index in [4.69, 9.17) is 0 Å². The molecule has 0 aliphatic carbocycles. The van der Waals surface area contributed by atoms with Gasteiger partial charge in [-0.1, -0.05) is 28.1 Å². The fourth-order valence-corrected chi connectivity index (χ4v) is 5.13. The summed E-state index contributed by atoms with van der Waals surface area (Å²) in [6, 6.07) is 18.3.